The third-order valence-corrected chi connectivity index (χ3v) is 4.38. The summed E-state index contributed by atoms with van der Waals surface area (Å²) >= 11 is 0. The molecule has 0 aromatic carbocycles. The molecule has 4 heterocycles. The molecular formula is C14H20N6. The smallest absolute Gasteiger partial charge is 0.154 e. The number of aryl methyl sites for hydroxylation is 1. The van der Waals surface area contributed by atoms with E-state index in [4.69, 9.17) is 0 Å². The Bertz CT molecular complexity index is 609. The molecule has 2 saturated heterocycles. The Morgan fingerprint density at radius 2 is 2.00 bits per heavy atom. The number of hydrogen-bond acceptors (Lipinski definition) is 5. The van der Waals surface area contributed by atoms with E-state index in [-0.39, 0.29) is 0 Å². The molecule has 20 heavy (non-hydrogen) atoms. The van der Waals surface area contributed by atoms with E-state index in [0.29, 0.717) is 0 Å². The lowest BCUT2D eigenvalue weighted by molar-refractivity contribution is 0.138. The van der Waals surface area contributed by atoms with Gasteiger partial charge in [0.1, 0.15) is 5.52 Å². The largest absolute Gasteiger partial charge is 0.352 e. The van der Waals surface area contributed by atoms with E-state index in [2.05, 4.69) is 31.3 Å². The monoisotopic (exact) mass is 272 g/mol. The van der Waals surface area contributed by atoms with E-state index in [1.54, 1.807) is 0 Å². The van der Waals surface area contributed by atoms with Crippen LogP contribution in [0.3, 0.4) is 0 Å². The summed E-state index contributed by atoms with van der Waals surface area (Å²) in [5, 5.41) is 7.81. The second kappa shape index (κ2) is 4.71. The Labute approximate surface area is 118 Å². The maximum Gasteiger partial charge on any atom is 0.154 e. The van der Waals surface area contributed by atoms with Gasteiger partial charge in [-0.2, -0.15) is 5.10 Å². The van der Waals surface area contributed by atoms with E-state index in [0.717, 1.165) is 62.3 Å². The Morgan fingerprint density at radius 1 is 1.20 bits per heavy atom. The molecule has 0 aliphatic carbocycles. The summed E-state index contributed by atoms with van der Waals surface area (Å²) in [5.74, 6) is 1.07. The molecule has 0 bridgehead atoms. The van der Waals surface area contributed by atoms with E-state index in [1.165, 1.54) is 0 Å². The van der Waals surface area contributed by atoms with Crippen LogP contribution >= 0.6 is 0 Å². The number of aromatic nitrogens is 3. The Morgan fingerprint density at radius 3 is 2.70 bits per heavy atom. The fourth-order valence-electron chi connectivity index (χ4n) is 3.10. The number of anilines is 1. The Balaban J connectivity index is 1.55. The van der Waals surface area contributed by atoms with Crippen LogP contribution in [0.15, 0.2) is 18.5 Å². The first-order chi connectivity index (χ1) is 9.81. The summed E-state index contributed by atoms with van der Waals surface area (Å²) in [6.07, 6.45) is 3.76. The molecule has 2 aliphatic heterocycles. The van der Waals surface area contributed by atoms with Gasteiger partial charge in [0, 0.05) is 57.7 Å². The molecule has 0 radical (unpaired) electrons. The molecule has 0 saturated carbocycles. The average molecular weight is 272 g/mol. The molecule has 2 aromatic heterocycles. The molecule has 2 aliphatic rings. The normalized spacial score (nSPS) is 21.4. The van der Waals surface area contributed by atoms with Crippen LogP contribution in [0.4, 0.5) is 5.82 Å². The van der Waals surface area contributed by atoms with E-state index >= 15 is 0 Å². The third kappa shape index (κ3) is 1.96. The highest BCUT2D eigenvalue weighted by atomic mass is 15.3. The van der Waals surface area contributed by atoms with Crippen molar-refractivity contribution in [2.75, 3.05) is 44.2 Å². The zero-order valence-corrected chi connectivity index (χ0v) is 11.8. The van der Waals surface area contributed by atoms with Crippen LogP contribution in [-0.4, -0.2) is 64.8 Å². The quantitative estimate of drug-likeness (QED) is 0.842. The van der Waals surface area contributed by atoms with Gasteiger partial charge in [-0.1, -0.05) is 0 Å². The number of nitrogens with zero attached hydrogens (tertiary/aromatic N) is 5. The molecule has 2 aromatic rings. The molecule has 106 valence electrons. The summed E-state index contributed by atoms with van der Waals surface area (Å²) < 4.78 is 1.93. The highest BCUT2D eigenvalue weighted by Crippen LogP contribution is 2.21. The van der Waals surface area contributed by atoms with Gasteiger partial charge >= 0.3 is 0 Å². The average Bonchev–Trinajstić information content (AvgIpc) is 2.77. The number of rotatable bonds is 2. The number of fused-ring (bicyclic) bond motifs is 1. The first-order valence-electron chi connectivity index (χ1n) is 7.32. The Kier molecular flexibility index (Phi) is 2.85. The maximum atomic E-state index is 4.58. The van der Waals surface area contributed by atoms with Crippen LogP contribution in [0.1, 0.15) is 5.69 Å². The number of piperazine rings is 1. The number of hydrogen-bond donors (Lipinski definition) is 1. The van der Waals surface area contributed by atoms with Crippen molar-refractivity contribution in [3.05, 3.63) is 24.2 Å². The maximum absolute atomic E-state index is 4.58. The zero-order chi connectivity index (χ0) is 13.5. The van der Waals surface area contributed by atoms with Crippen LogP contribution in [-0.2, 0) is 0 Å². The standard InChI is InChI=1S/C14H20N6/c1-11-8-13-14(16-2-3-20(13)17-11)19-6-4-18(5-7-19)12-9-15-10-12/h2-3,8,12,15H,4-7,9-10H2,1H3. The predicted octanol–water partition coefficient (Wildman–Crippen LogP) is 0.132. The molecular weight excluding hydrogens is 252 g/mol. The Hall–Kier alpha value is -1.66. The van der Waals surface area contributed by atoms with Crippen LogP contribution in [0, 0.1) is 6.92 Å². The molecule has 4 rings (SSSR count). The minimum Gasteiger partial charge on any atom is -0.352 e. The molecule has 0 amide bonds. The van der Waals surface area contributed by atoms with Crippen molar-refractivity contribution in [3.8, 4) is 0 Å². The highest BCUT2D eigenvalue weighted by molar-refractivity contribution is 5.69. The predicted molar refractivity (Wildman–Crippen MR) is 78.2 cm³/mol. The van der Waals surface area contributed by atoms with Gasteiger partial charge < -0.3 is 10.2 Å². The summed E-state index contributed by atoms with van der Waals surface area (Å²) in [4.78, 5) is 9.56. The van der Waals surface area contributed by atoms with E-state index < -0.39 is 0 Å². The van der Waals surface area contributed by atoms with Crippen molar-refractivity contribution in [1.82, 2.24) is 24.8 Å². The van der Waals surface area contributed by atoms with Gasteiger partial charge in [-0.15, -0.1) is 0 Å². The van der Waals surface area contributed by atoms with E-state index in [9.17, 15) is 0 Å². The molecule has 6 nitrogen and oxygen atoms in total. The molecule has 0 atom stereocenters. The van der Waals surface area contributed by atoms with Gasteiger partial charge in [-0.05, 0) is 13.0 Å². The van der Waals surface area contributed by atoms with Crippen molar-refractivity contribution in [2.45, 2.75) is 13.0 Å². The van der Waals surface area contributed by atoms with Gasteiger partial charge in [0.15, 0.2) is 5.82 Å². The SMILES string of the molecule is Cc1cc2c(N3CCN(C4CNC4)CC3)nccn2n1. The molecule has 0 spiro atoms. The van der Waals surface area contributed by atoms with Gasteiger partial charge in [-0.25, -0.2) is 9.50 Å². The second-order valence-electron chi connectivity index (χ2n) is 5.70. The first kappa shape index (κ1) is 12.1. The fraction of sp³-hybridized carbons (Fsp3) is 0.571. The topological polar surface area (TPSA) is 48.7 Å². The number of nitrogens with one attached hydrogen (secondary N) is 1. The van der Waals surface area contributed by atoms with Crippen LogP contribution in [0.25, 0.3) is 5.52 Å². The summed E-state index contributed by atoms with van der Waals surface area (Å²) in [6.45, 7) is 8.68. The van der Waals surface area contributed by atoms with Crippen molar-refractivity contribution in [1.29, 1.82) is 0 Å². The van der Waals surface area contributed by atoms with Gasteiger partial charge in [-0.3, -0.25) is 4.90 Å². The highest BCUT2D eigenvalue weighted by Gasteiger charge is 2.28. The van der Waals surface area contributed by atoms with Crippen LogP contribution < -0.4 is 10.2 Å². The van der Waals surface area contributed by atoms with Gasteiger partial charge in [0.2, 0.25) is 0 Å². The van der Waals surface area contributed by atoms with Crippen molar-refractivity contribution in [2.24, 2.45) is 0 Å². The molecule has 6 heteroatoms. The fourth-order valence-corrected chi connectivity index (χ4v) is 3.10. The van der Waals surface area contributed by atoms with Gasteiger partial charge in [0.05, 0.1) is 5.69 Å². The third-order valence-electron chi connectivity index (χ3n) is 4.38. The van der Waals surface area contributed by atoms with Crippen LogP contribution in [0.2, 0.25) is 0 Å². The lowest BCUT2D eigenvalue weighted by Gasteiger charge is -2.43. The van der Waals surface area contributed by atoms with Gasteiger partial charge in [0.25, 0.3) is 0 Å². The lowest BCUT2D eigenvalue weighted by Crippen LogP contribution is -2.61. The first-order valence-corrected chi connectivity index (χ1v) is 7.32. The van der Waals surface area contributed by atoms with Crippen LogP contribution in [0.5, 0.6) is 0 Å². The van der Waals surface area contributed by atoms with Crippen molar-refractivity contribution < 1.29 is 0 Å². The van der Waals surface area contributed by atoms with E-state index in [1.807, 2.05) is 23.8 Å². The molecule has 1 N–H and O–H groups in total. The zero-order valence-electron chi connectivity index (χ0n) is 11.8. The summed E-state index contributed by atoms with van der Waals surface area (Å²) in [7, 11) is 0. The minimum absolute atomic E-state index is 0.748. The minimum atomic E-state index is 0.748. The van der Waals surface area contributed by atoms with Crippen molar-refractivity contribution >= 4 is 11.3 Å². The molecule has 2 fully saturated rings. The second-order valence-corrected chi connectivity index (χ2v) is 5.70. The summed E-state index contributed by atoms with van der Waals surface area (Å²) in [5.41, 5.74) is 2.15. The summed E-state index contributed by atoms with van der Waals surface area (Å²) in [6, 6.07) is 2.86. The van der Waals surface area contributed by atoms with Crippen molar-refractivity contribution in [3.63, 3.8) is 0 Å². The lowest BCUT2D eigenvalue weighted by atomic mass is 10.1. The molecule has 0 unspecified atom stereocenters.